The van der Waals surface area contributed by atoms with Gasteiger partial charge in [-0.3, -0.25) is 9.69 Å². The molecule has 0 bridgehead atoms. The summed E-state index contributed by atoms with van der Waals surface area (Å²) in [6.07, 6.45) is 2.74. The molecule has 180 valence electrons. The summed E-state index contributed by atoms with van der Waals surface area (Å²) >= 11 is 0. The van der Waals surface area contributed by atoms with Gasteiger partial charge in [-0.1, -0.05) is 30.1 Å². The Bertz CT molecular complexity index is 1090. The largest absolute Gasteiger partial charge is 0.573 e. The molecule has 0 spiro atoms. The van der Waals surface area contributed by atoms with Gasteiger partial charge in [-0.15, -0.1) is 13.2 Å². The van der Waals surface area contributed by atoms with Crippen molar-refractivity contribution in [3.8, 4) is 11.8 Å². The Hall–Kier alpha value is -3.02. The number of hydrogen-bond donors (Lipinski definition) is 0. The van der Waals surface area contributed by atoms with Gasteiger partial charge in [0.1, 0.15) is 5.76 Å². The topological polar surface area (TPSA) is 36.0 Å². The van der Waals surface area contributed by atoms with E-state index < -0.39 is 6.36 Å². The molecule has 5 nitrogen and oxygen atoms in total. The van der Waals surface area contributed by atoms with Gasteiger partial charge >= 0.3 is 6.36 Å². The molecule has 1 aromatic rings. The van der Waals surface area contributed by atoms with Crippen LogP contribution < -0.4 is 0 Å². The Kier molecular flexibility index (Phi) is 7.15. The van der Waals surface area contributed by atoms with Crippen LogP contribution in [-0.4, -0.2) is 73.3 Å². The second-order valence-electron chi connectivity index (χ2n) is 8.92. The summed E-state index contributed by atoms with van der Waals surface area (Å²) in [5.41, 5.74) is 3.43. The molecule has 4 rings (SSSR count). The summed E-state index contributed by atoms with van der Waals surface area (Å²) in [6.45, 7) is 7.61. The van der Waals surface area contributed by atoms with Crippen molar-refractivity contribution in [2.75, 3.05) is 46.3 Å². The molecule has 2 heterocycles. The van der Waals surface area contributed by atoms with E-state index in [2.05, 4.69) is 33.4 Å². The van der Waals surface area contributed by atoms with Crippen LogP contribution in [0.2, 0.25) is 0 Å². The maximum Gasteiger partial charge on any atom is 0.573 e. The summed E-state index contributed by atoms with van der Waals surface area (Å²) in [5, 5.41) is 0. The normalized spacial score (nSPS) is 21.1. The standard InChI is InChI=1S/C26H28F3N3O2/c1-19-15-21(6-4-10-31-13-11-30(2)12-14-31)16-22-18-32(25(33)24(19)22)17-20-5-3-7-23(9-8-20)34-26(27,28)29/h3,5,7-9,15-16,20H,10-14,17-18H2,1-2H3. The Morgan fingerprint density at radius 3 is 2.65 bits per heavy atom. The molecule has 1 atom stereocenters. The number of amides is 1. The van der Waals surface area contributed by atoms with Crippen molar-refractivity contribution in [2.45, 2.75) is 19.8 Å². The molecule has 1 fully saturated rings. The molecule has 0 aromatic heterocycles. The SMILES string of the molecule is Cc1cc(C#CCN2CCN(C)CC2)cc2c1C(=O)N(CC1C=CC=C(OC(F)(F)F)C=C1)C2. The number of hydrogen-bond acceptors (Lipinski definition) is 4. The van der Waals surface area contributed by atoms with E-state index in [4.69, 9.17) is 0 Å². The van der Waals surface area contributed by atoms with Crippen molar-refractivity contribution >= 4 is 5.91 Å². The van der Waals surface area contributed by atoms with Crippen LogP contribution in [0.5, 0.6) is 0 Å². The van der Waals surface area contributed by atoms with Crippen molar-refractivity contribution in [1.82, 2.24) is 14.7 Å². The Balaban J connectivity index is 1.39. The van der Waals surface area contributed by atoms with Crippen LogP contribution in [0.15, 0.2) is 48.3 Å². The molecule has 0 N–H and O–H groups in total. The van der Waals surface area contributed by atoms with E-state index in [0.717, 1.165) is 49.4 Å². The monoisotopic (exact) mass is 471 g/mol. The fourth-order valence-corrected chi connectivity index (χ4v) is 4.41. The van der Waals surface area contributed by atoms with Crippen LogP contribution in [-0.2, 0) is 11.3 Å². The number of benzene rings is 1. The van der Waals surface area contributed by atoms with Gasteiger partial charge in [0.15, 0.2) is 0 Å². The lowest BCUT2D eigenvalue weighted by molar-refractivity contribution is -0.303. The van der Waals surface area contributed by atoms with Gasteiger partial charge in [0.2, 0.25) is 0 Å². The molecule has 1 saturated heterocycles. The molecule has 8 heteroatoms. The fraction of sp³-hybridized carbons (Fsp3) is 0.423. The first kappa shape index (κ1) is 24.1. The van der Waals surface area contributed by atoms with Crippen LogP contribution in [0.4, 0.5) is 13.2 Å². The van der Waals surface area contributed by atoms with E-state index in [1.807, 2.05) is 19.1 Å². The van der Waals surface area contributed by atoms with E-state index in [9.17, 15) is 18.0 Å². The first-order valence-corrected chi connectivity index (χ1v) is 11.3. The van der Waals surface area contributed by atoms with Crippen molar-refractivity contribution in [3.63, 3.8) is 0 Å². The van der Waals surface area contributed by atoms with Crippen LogP contribution in [0, 0.1) is 24.7 Å². The number of halogens is 3. The first-order valence-electron chi connectivity index (χ1n) is 11.3. The van der Waals surface area contributed by atoms with Crippen LogP contribution >= 0.6 is 0 Å². The van der Waals surface area contributed by atoms with Gasteiger partial charge in [-0.2, -0.15) is 0 Å². The highest BCUT2D eigenvalue weighted by atomic mass is 19.4. The van der Waals surface area contributed by atoms with Crippen molar-refractivity contribution < 1.29 is 22.7 Å². The molecule has 34 heavy (non-hydrogen) atoms. The maximum absolute atomic E-state index is 13.0. The van der Waals surface area contributed by atoms with Gasteiger partial charge in [0.25, 0.3) is 5.91 Å². The predicted molar refractivity (Wildman–Crippen MR) is 124 cm³/mol. The van der Waals surface area contributed by atoms with E-state index in [-0.39, 0.29) is 17.6 Å². The molecule has 3 aliphatic rings. The maximum atomic E-state index is 13.0. The van der Waals surface area contributed by atoms with Gasteiger partial charge < -0.3 is 14.5 Å². The minimum Gasteiger partial charge on any atom is -0.406 e. The van der Waals surface area contributed by atoms with Gasteiger partial charge in [0, 0.05) is 56.3 Å². The minimum atomic E-state index is -4.74. The highest BCUT2D eigenvalue weighted by Crippen LogP contribution is 2.29. The zero-order valence-corrected chi connectivity index (χ0v) is 19.4. The molecule has 1 amide bonds. The number of fused-ring (bicyclic) bond motifs is 1. The number of carbonyl (C=O) groups is 1. The molecule has 2 aliphatic heterocycles. The highest BCUT2D eigenvalue weighted by molar-refractivity contribution is 6.00. The lowest BCUT2D eigenvalue weighted by atomic mass is 10.0. The highest BCUT2D eigenvalue weighted by Gasteiger charge is 2.32. The average Bonchev–Trinajstić information content (AvgIpc) is 2.92. The van der Waals surface area contributed by atoms with Gasteiger partial charge in [-0.25, -0.2) is 0 Å². The molecule has 1 aliphatic carbocycles. The molecule has 1 aromatic carbocycles. The van der Waals surface area contributed by atoms with Crippen molar-refractivity contribution in [1.29, 1.82) is 0 Å². The van der Waals surface area contributed by atoms with Crippen molar-refractivity contribution in [3.05, 3.63) is 70.5 Å². The second-order valence-corrected chi connectivity index (χ2v) is 8.92. The number of alkyl halides is 3. The molecule has 1 unspecified atom stereocenters. The van der Waals surface area contributed by atoms with E-state index in [0.29, 0.717) is 18.7 Å². The number of rotatable bonds is 4. The number of piperazine rings is 1. The van der Waals surface area contributed by atoms with Crippen molar-refractivity contribution in [2.24, 2.45) is 5.92 Å². The molecular weight excluding hydrogens is 443 g/mol. The second kappa shape index (κ2) is 10.1. The summed E-state index contributed by atoms with van der Waals surface area (Å²) in [6, 6.07) is 3.93. The molecule has 0 saturated carbocycles. The number of aryl methyl sites for hydroxylation is 1. The van der Waals surface area contributed by atoms with E-state index in [1.54, 1.807) is 17.1 Å². The van der Waals surface area contributed by atoms with Gasteiger partial charge in [-0.05, 0) is 49.4 Å². The zero-order valence-electron chi connectivity index (χ0n) is 19.4. The summed E-state index contributed by atoms with van der Waals surface area (Å²) in [7, 11) is 2.12. The lowest BCUT2D eigenvalue weighted by Crippen LogP contribution is -2.44. The summed E-state index contributed by atoms with van der Waals surface area (Å²) in [5.74, 6) is 5.95. The van der Waals surface area contributed by atoms with E-state index >= 15 is 0 Å². The Morgan fingerprint density at radius 1 is 1.15 bits per heavy atom. The Morgan fingerprint density at radius 2 is 1.91 bits per heavy atom. The fourth-order valence-electron chi connectivity index (χ4n) is 4.41. The zero-order chi connectivity index (χ0) is 24.3. The number of likely N-dealkylation sites (N-methyl/N-ethyl adjacent to an activating group) is 1. The summed E-state index contributed by atoms with van der Waals surface area (Å²) in [4.78, 5) is 19.4. The third kappa shape index (κ3) is 6.10. The van der Waals surface area contributed by atoms with Gasteiger partial charge in [0.05, 0.1) is 6.54 Å². The number of ether oxygens (including phenoxy) is 1. The third-order valence-corrected chi connectivity index (χ3v) is 6.20. The smallest absolute Gasteiger partial charge is 0.406 e. The molecule has 0 radical (unpaired) electrons. The number of allylic oxidation sites excluding steroid dienone is 3. The van der Waals surface area contributed by atoms with E-state index in [1.165, 1.54) is 18.2 Å². The Labute approximate surface area is 198 Å². The van der Waals surface area contributed by atoms with Crippen LogP contribution in [0.25, 0.3) is 0 Å². The third-order valence-electron chi connectivity index (χ3n) is 6.20. The number of nitrogens with zero attached hydrogens (tertiary/aromatic N) is 3. The van der Waals surface area contributed by atoms with Crippen LogP contribution in [0.3, 0.4) is 0 Å². The molecular formula is C26H28F3N3O2. The number of carbonyl (C=O) groups excluding carboxylic acids is 1. The quantitative estimate of drug-likeness (QED) is 0.628. The first-order chi connectivity index (χ1) is 16.2. The lowest BCUT2D eigenvalue weighted by Gasteiger charge is -2.30. The summed E-state index contributed by atoms with van der Waals surface area (Å²) < 4.78 is 41.4. The minimum absolute atomic E-state index is 0.0600. The predicted octanol–water partition coefficient (Wildman–Crippen LogP) is 3.71. The average molecular weight is 472 g/mol. The van der Waals surface area contributed by atoms with Crippen LogP contribution in [0.1, 0.15) is 27.0 Å².